The summed E-state index contributed by atoms with van der Waals surface area (Å²) in [4.78, 5) is 22.9. The Morgan fingerprint density at radius 1 is 1.29 bits per heavy atom. The summed E-state index contributed by atoms with van der Waals surface area (Å²) < 4.78 is 15.7. The van der Waals surface area contributed by atoms with Crippen molar-refractivity contribution in [3.8, 4) is 6.07 Å². The number of amides is 2. The number of nitrogens with one attached hydrogen (secondary N) is 2. The largest absolute Gasteiger partial charge is 0.383 e. The zero-order valence-electron chi connectivity index (χ0n) is 18.4. The molecule has 2 aromatic heterocycles. The number of carbonyl (C=O) groups is 1. The van der Waals surface area contributed by atoms with Crippen LogP contribution in [0.1, 0.15) is 30.0 Å². The molecule has 2 heterocycles. The molecule has 0 fully saturated rings. The summed E-state index contributed by atoms with van der Waals surface area (Å²) in [6, 6.07) is 6.88. The van der Waals surface area contributed by atoms with Gasteiger partial charge in [-0.2, -0.15) is 5.26 Å². The average molecular weight is 428 g/mol. The lowest BCUT2D eigenvalue weighted by molar-refractivity contribution is -0.109. The molecule has 2 aromatic rings. The van der Waals surface area contributed by atoms with Gasteiger partial charge in [0.2, 0.25) is 6.29 Å². The van der Waals surface area contributed by atoms with Gasteiger partial charge >= 0.3 is 6.03 Å². The first kappa shape index (κ1) is 24.0. The zero-order valence-corrected chi connectivity index (χ0v) is 18.4. The van der Waals surface area contributed by atoms with E-state index in [-0.39, 0.29) is 0 Å². The summed E-state index contributed by atoms with van der Waals surface area (Å²) in [6.07, 6.45) is 1.52. The number of hydrogen-bond acceptors (Lipinski definition) is 8. The monoisotopic (exact) mass is 428 g/mol. The van der Waals surface area contributed by atoms with Gasteiger partial charge in [-0.3, -0.25) is 10.2 Å². The highest BCUT2D eigenvalue weighted by Crippen LogP contribution is 2.24. The lowest BCUT2D eigenvalue weighted by Gasteiger charge is -2.21. The molecular formula is C21H28N6O4. The third-order valence-electron chi connectivity index (χ3n) is 4.56. The molecule has 10 heteroatoms. The van der Waals surface area contributed by atoms with Crippen molar-refractivity contribution < 1.29 is 19.0 Å². The molecule has 10 nitrogen and oxygen atoms in total. The molecule has 0 saturated carbocycles. The highest BCUT2D eigenvalue weighted by Gasteiger charge is 2.20. The van der Waals surface area contributed by atoms with Crippen molar-refractivity contribution >= 4 is 23.4 Å². The van der Waals surface area contributed by atoms with Crippen LogP contribution in [0.5, 0.6) is 0 Å². The van der Waals surface area contributed by atoms with E-state index in [1.54, 1.807) is 26.3 Å². The topological polar surface area (TPSA) is 122 Å². The zero-order chi connectivity index (χ0) is 22.8. The van der Waals surface area contributed by atoms with Crippen LogP contribution in [-0.2, 0) is 20.6 Å². The summed E-state index contributed by atoms with van der Waals surface area (Å²) in [5.74, 6) is 0.726. The Hall–Kier alpha value is -3.26. The fourth-order valence-corrected chi connectivity index (χ4v) is 2.85. The third-order valence-corrected chi connectivity index (χ3v) is 4.56. The van der Waals surface area contributed by atoms with E-state index >= 15 is 0 Å². The van der Waals surface area contributed by atoms with Gasteiger partial charge in [0.05, 0.1) is 17.9 Å². The van der Waals surface area contributed by atoms with Gasteiger partial charge in [0.1, 0.15) is 23.4 Å². The third kappa shape index (κ3) is 6.11. The van der Waals surface area contributed by atoms with Gasteiger partial charge in [-0.05, 0) is 18.1 Å². The molecule has 0 saturated heterocycles. The maximum atomic E-state index is 12.8. The second-order valence-corrected chi connectivity index (χ2v) is 6.51. The minimum atomic E-state index is -0.632. The van der Waals surface area contributed by atoms with Crippen molar-refractivity contribution in [3.05, 3.63) is 41.2 Å². The van der Waals surface area contributed by atoms with Gasteiger partial charge < -0.3 is 19.5 Å². The van der Waals surface area contributed by atoms with Crippen LogP contribution in [0.2, 0.25) is 0 Å². The molecule has 0 aliphatic heterocycles. The number of carbonyl (C=O) groups excluding carboxylic acids is 1. The summed E-state index contributed by atoms with van der Waals surface area (Å²) in [6.45, 7) is 3.00. The van der Waals surface area contributed by atoms with Crippen molar-refractivity contribution in [1.29, 1.82) is 5.26 Å². The van der Waals surface area contributed by atoms with Crippen molar-refractivity contribution in [1.82, 2.24) is 9.97 Å². The molecule has 0 unspecified atom stereocenters. The number of pyridine rings is 2. The Bertz CT molecular complexity index is 927. The quantitative estimate of drug-likeness (QED) is 0.438. The Balaban J connectivity index is 2.21. The number of methoxy groups -OCH3 is 3. The Morgan fingerprint density at radius 2 is 2.03 bits per heavy atom. The first-order valence-corrected chi connectivity index (χ1v) is 9.72. The fourth-order valence-electron chi connectivity index (χ4n) is 2.85. The molecule has 0 atom stereocenters. The van der Waals surface area contributed by atoms with Crippen LogP contribution in [0.4, 0.5) is 22.1 Å². The molecule has 166 valence electrons. The van der Waals surface area contributed by atoms with Crippen molar-refractivity contribution in [2.45, 2.75) is 19.6 Å². The smallest absolute Gasteiger partial charge is 0.328 e. The van der Waals surface area contributed by atoms with E-state index in [2.05, 4.69) is 26.7 Å². The minimum absolute atomic E-state index is 0.299. The Labute approximate surface area is 182 Å². The van der Waals surface area contributed by atoms with Gasteiger partial charge in [0.15, 0.2) is 0 Å². The van der Waals surface area contributed by atoms with Crippen molar-refractivity contribution in [2.75, 3.05) is 57.1 Å². The van der Waals surface area contributed by atoms with Crippen LogP contribution >= 0.6 is 0 Å². The number of nitrogens with zero attached hydrogens (tertiary/aromatic N) is 4. The van der Waals surface area contributed by atoms with E-state index in [4.69, 9.17) is 14.2 Å². The number of aryl methyl sites for hydroxylation is 1. The molecule has 0 radical (unpaired) electrons. The maximum absolute atomic E-state index is 12.8. The van der Waals surface area contributed by atoms with Gasteiger partial charge in [0, 0.05) is 47.2 Å². The van der Waals surface area contributed by atoms with E-state index < -0.39 is 12.3 Å². The summed E-state index contributed by atoms with van der Waals surface area (Å²) in [7, 11) is 6.26. The molecule has 0 aromatic carbocycles. The number of ether oxygens (including phenoxy) is 3. The van der Waals surface area contributed by atoms with Gasteiger partial charge in [-0.1, -0.05) is 13.0 Å². The predicted octanol–water partition coefficient (Wildman–Crippen LogP) is 2.93. The van der Waals surface area contributed by atoms with E-state index in [0.717, 1.165) is 12.0 Å². The number of urea groups is 1. The molecule has 2 amide bonds. The van der Waals surface area contributed by atoms with Crippen molar-refractivity contribution in [3.63, 3.8) is 0 Å². The summed E-state index contributed by atoms with van der Waals surface area (Å²) in [5, 5.41) is 15.1. The molecule has 0 spiro atoms. The molecule has 2 N–H and O–H groups in total. The number of rotatable bonds is 10. The molecule has 2 rings (SSSR count). The number of aromatic nitrogens is 2. The maximum Gasteiger partial charge on any atom is 0.328 e. The van der Waals surface area contributed by atoms with Crippen LogP contribution in [0.15, 0.2) is 24.4 Å². The lowest BCUT2D eigenvalue weighted by Crippen LogP contribution is -2.32. The van der Waals surface area contributed by atoms with E-state index in [1.807, 2.05) is 13.0 Å². The molecule has 0 aliphatic rings. The van der Waals surface area contributed by atoms with Crippen LogP contribution in [0, 0.1) is 11.3 Å². The van der Waals surface area contributed by atoms with Gasteiger partial charge in [0.25, 0.3) is 0 Å². The molecule has 31 heavy (non-hydrogen) atoms. The normalized spacial score (nSPS) is 10.6. The Morgan fingerprint density at radius 3 is 2.65 bits per heavy atom. The van der Waals surface area contributed by atoms with Gasteiger partial charge in [-0.15, -0.1) is 0 Å². The summed E-state index contributed by atoms with van der Waals surface area (Å²) in [5.41, 5.74) is 2.51. The first-order valence-electron chi connectivity index (χ1n) is 9.72. The highest BCUT2D eigenvalue weighted by molar-refractivity contribution is 6.00. The lowest BCUT2D eigenvalue weighted by atomic mass is 10.1. The average Bonchev–Trinajstić information content (AvgIpc) is 2.79. The number of nitriles is 1. The van der Waals surface area contributed by atoms with Crippen LogP contribution in [0.25, 0.3) is 0 Å². The first-order chi connectivity index (χ1) is 15.0. The molecule has 0 bridgehead atoms. The number of hydrogen-bond donors (Lipinski definition) is 2. The number of anilines is 3. The Kier molecular flexibility index (Phi) is 9.14. The van der Waals surface area contributed by atoms with Crippen LogP contribution in [0.3, 0.4) is 0 Å². The SMILES string of the molecule is CCc1ccc(N(C)C(=O)Nc2cc(NCCOC)c(C#N)cn2)nc1C(OC)OC. The highest BCUT2D eigenvalue weighted by atomic mass is 16.7. The van der Waals surface area contributed by atoms with Gasteiger partial charge in [-0.25, -0.2) is 14.8 Å². The van der Waals surface area contributed by atoms with E-state index in [0.29, 0.717) is 41.7 Å². The van der Waals surface area contributed by atoms with Crippen LogP contribution in [-0.4, -0.2) is 57.5 Å². The molecular weight excluding hydrogens is 400 g/mol. The second kappa shape index (κ2) is 11.8. The second-order valence-electron chi connectivity index (χ2n) is 6.51. The predicted molar refractivity (Wildman–Crippen MR) is 117 cm³/mol. The molecule has 0 aliphatic carbocycles. The van der Waals surface area contributed by atoms with Crippen LogP contribution < -0.4 is 15.5 Å². The minimum Gasteiger partial charge on any atom is -0.383 e. The van der Waals surface area contributed by atoms with Crippen molar-refractivity contribution in [2.24, 2.45) is 0 Å². The fraction of sp³-hybridized carbons (Fsp3) is 0.429. The standard InChI is InChI=1S/C21H28N6O4/c1-6-14-7-8-18(26-19(14)20(30-4)31-5)27(2)21(28)25-17-11-16(23-9-10-29-3)15(12-22)13-24-17/h7-8,11,13,20H,6,9-10H2,1-5H3,(H2,23,24,25,28). The summed E-state index contributed by atoms with van der Waals surface area (Å²) >= 11 is 0. The van der Waals surface area contributed by atoms with E-state index in [1.165, 1.54) is 25.3 Å². The van der Waals surface area contributed by atoms with E-state index in [9.17, 15) is 10.1 Å².